The van der Waals surface area contributed by atoms with E-state index in [2.05, 4.69) is 4.74 Å². The molecule has 0 aromatic rings. The molecule has 0 aliphatic rings. The molecular weight excluding hydrogens is 240 g/mol. The number of aliphatic hydroxyl groups is 1. The average Bonchev–Trinajstić information content (AvgIpc) is 2.14. The molecule has 0 radical (unpaired) electrons. The minimum atomic E-state index is -5.22. The molecule has 16 heavy (non-hydrogen) atoms. The van der Waals surface area contributed by atoms with Crippen LogP contribution in [0, 0.1) is 0 Å². The average molecular weight is 248 g/mol. The van der Waals surface area contributed by atoms with Gasteiger partial charge in [0, 0.05) is 0 Å². The number of carbonyl (C=O) groups is 2. The number of ether oxygens (including phenoxy) is 1. The fourth-order valence-electron chi connectivity index (χ4n) is 0.894. The summed E-state index contributed by atoms with van der Waals surface area (Å²) < 4.78 is 53.2. The Balaban J connectivity index is 5.39. The molecule has 1 unspecified atom stereocenters. The Morgan fingerprint density at radius 1 is 1.38 bits per heavy atom. The van der Waals surface area contributed by atoms with Gasteiger partial charge in [0.2, 0.25) is 5.60 Å². The zero-order chi connectivity index (χ0) is 13.1. The second kappa shape index (κ2) is 4.64. The molecule has 0 aromatic heterocycles. The summed E-state index contributed by atoms with van der Waals surface area (Å²) >= 11 is 0. The number of carboxylic acids is 1. The van der Waals surface area contributed by atoms with Crippen molar-refractivity contribution < 1.29 is 42.1 Å². The third-order valence-corrected chi connectivity index (χ3v) is 1.76. The topological polar surface area (TPSA) is 83.8 Å². The zero-order valence-electron chi connectivity index (χ0n) is 7.92. The Morgan fingerprint density at radius 2 is 1.81 bits per heavy atom. The largest absolute Gasteiger partial charge is 0.481 e. The van der Waals surface area contributed by atoms with E-state index in [4.69, 9.17) is 10.2 Å². The first-order valence-corrected chi connectivity index (χ1v) is 3.78. The summed E-state index contributed by atoms with van der Waals surface area (Å²) in [4.78, 5) is 20.9. The molecular formula is C7H8F4O5. The van der Waals surface area contributed by atoms with Gasteiger partial charge in [-0.25, -0.2) is 13.6 Å². The highest BCUT2D eigenvalue weighted by Crippen LogP contribution is 2.38. The van der Waals surface area contributed by atoms with Gasteiger partial charge in [0.25, 0.3) is 0 Å². The number of aliphatic carboxylic acids is 1. The molecule has 0 amide bonds. The van der Waals surface area contributed by atoms with Crippen LogP contribution in [0.3, 0.4) is 0 Å². The van der Waals surface area contributed by atoms with E-state index in [1.165, 1.54) is 0 Å². The van der Waals surface area contributed by atoms with Crippen molar-refractivity contribution in [2.75, 3.05) is 7.11 Å². The fourth-order valence-corrected chi connectivity index (χ4v) is 0.894. The molecule has 0 saturated heterocycles. The number of rotatable bonds is 5. The van der Waals surface area contributed by atoms with Crippen molar-refractivity contribution in [3.8, 4) is 0 Å². The van der Waals surface area contributed by atoms with Gasteiger partial charge in [-0.15, -0.1) is 0 Å². The van der Waals surface area contributed by atoms with Gasteiger partial charge in [0.15, 0.2) is 0 Å². The lowest BCUT2D eigenvalue weighted by molar-refractivity contribution is -0.250. The van der Waals surface area contributed by atoms with Crippen LogP contribution in [0.25, 0.3) is 0 Å². The SMILES string of the molecule is COC(=O)C(O)(CC(=O)O)C(F)(F)C(F)F. The Kier molecular flexibility index (Phi) is 4.24. The molecule has 0 saturated carbocycles. The summed E-state index contributed by atoms with van der Waals surface area (Å²) in [6, 6.07) is 0. The van der Waals surface area contributed by atoms with E-state index in [-0.39, 0.29) is 0 Å². The lowest BCUT2D eigenvalue weighted by atomic mass is 9.92. The minimum absolute atomic E-state index is 0.552. The van der Waals surface area contributed by atoms with Crippen molar-refractivity contribution in [2.45, 2.75) is 24.4 Å². The van der Waals surface area contributed by atoms with Crippen LogP contribution in [0.5, 0.6) is 0 Å². The molecule has 2 N–H and O–H groups in total. The number of hydrogen-bond acceptors (Lipinski definition) is 4. The predicted octanol–water partition coefficient (Wildman–Crippen LogP) is 0.266. The normalized spacial score (nSPS) is 15.7. The standard InChI is InChI=1S/C7H8F4O5/c1-16-5(14)6(15,2-3(12)13)7(10,11)4(8)9/h4,15H,2H2,1H3,(H,12,13). The Hall–Kier alpha value is -1.38. The molecule has 0 spiro atoms. The van der Waals surface area contributed by atoms with Crippen molar-refractivity contribution in [3.05, 3.63) is 0 Å². The van der Waals surface area contributed by atoms with Gasteiger partial charge in [0.05, 0.1) is 13.5 Å². The van der Waals surface area contributed by atoms with Gasteiger partial charge in [-0.3, -0.25) is 4.79 Å². The fraction of sp³-hybridized carbons (Fsp3) is 0.714. The number of methoxy groups -OCH3 is 1. The van der Waals surface area contributed by atoms with E-state index in [1.807, 2.05) is 0 Å². The maximum absolute atomic E-state index is 12.8. The third kappa shape index (κ3) is 2.40. The number of carboxylic acid groups (broad SMARTS) is 1. The van der Waals surface area contributed by atoms with Crippen molar-refractivity contribution in [1.82, 2.24) is 0 Å². The monoisotopic (exact) mass is 248 g/mol. The summed E-state index contributed by atoms with van der Waals surface area (Å²) in [5.74, 6) is -9.41. The third-order valence-electron chi connectivity index (χ3n) is 1.76. The van der Waals surface area contributed by atoms with Gasteiger partial charge in [-0.05, 0) is 0 Å². The van der Waals surface area contributed by atoms with E-state index < -0.39 is 36.3 Å². The number of alkyl halides is 4. The maximum Gasteiger partial charge on any atom is 0.346 e. The van der Waals surface area contributed by atoms with Gasteiger partial charge in [-0.2, -0.15) is 8.78 Å². The molecule has 0 heterocycles. The Bertz CT molecular complexity index is 293. The van der Waals surface area contributed by atoms with Crippen molar-refractivity contribution in [2.24, 2.45) is 0 Å². The van der Waals surface area contributed by atoms with E-state index in [1.54, 1.807) is 0 Å². The molecule has 5 nitrogen and oxygen atoms in total. The highest BCUT2D eigenvalue weighted by Gasteiger charge is 2.65. The summed E-state index contributed by atoms with van der Waals surface area (Å²) in [7, 11) is 0.552. The molecule has 0 rings (SSSR count). The van der Waals surface area contributed by atoms with Crippen LogP contribution in [0.4, 0.5) is 17.6 Å². The lowest BCUT2D eigenvalue weighted by Crippen LogP contribution is -2.59. The molecule has 0 aliphatic heterocycles. The quantitative estimate of drug-likeness (QED) is 0.538. The molecule has 0 fully saturated rings. The van der Waals surface area contributed by atoms with Gasteiger partial charge < -0.3 is 14.9 Å². The molecule has 0 aliphatic carbocycles. The van der Waals surface area contributed by atoms with E-state index in [0.717, 1.165) is 0 Å². The maximum atomic E-state index is 12.8. The second-order valence-corrected chi connectivity index (χ2v) is 2.85. The smallest absolute Gasteiger partial charge is 0.346 e. The highest BCUT2D eigenvalue weighted by molar-refractivity contribution is 5.86. The lowest BCUT2D eigenvalue weighted by Gasteiger charge is -2.31. The number of halogens is 4. The van der Waals surface area contributed by atoms with E-state index >= 15 is 0 Å². The first kappa shape index (κ1) is 14.6. The summed E-state index contributed by atoms with van der Waals surface area (Å²) in [5, 5.41) is 17.3. The van der Waals surface area contributed by atoms with Crippen LogP contribution in [0.2, 0.25) is 0 Å². The Morgan fingerprint density at radius 3 is 2.06 bits per heavy atom. The van der Waals surface area contributed by atoms with Crippen LogP contribution in [0.15, 0.2) is 0 Å². The predicted molar refractivity (Wildman–Crippen MR) is 40.2 cm³/mol. The molecule has 9 heteroatoms. The van der Waals surface area contributed by atoms with Crippen LogP contribution < -0.4 is 0 Å². The van der Waals surface area contributed by atoms with Crippen LogP contribution in [-0.4, -0.2) is 47.2 Å². The number of esters is 1. The second-order valence-electron chi connectivity index (χ2n) is 2.85. The van der Waals surface area contributed by atoms with Crippen molar-refractivity contribution in [3.63, 3.8) is 0 Å². The van der Waals surface area contributed by atoms with Crippen molar-refractivity contribution >= 4 is 11.9 Å². The first-order chi connectivity index (χ1) is 7.09. The zero-order valence-corrected chi connectivity index (χ0v) is 7.92. The molecule has 0 aromatic carbocycles. The van der Waals surface area contributed by atoms with Crippen molar-refractivity contribution in [1.29, 1.82) is 0 Å². The van der Waals surface area contributed by atoms with Gasteiger partial charge >= 0.3 is 24.3 Å². The molecule has 0 bridgehead atoms. The molecule has 94 valence electrons. The van der Waals surface area contributed by atoms with Crippen LogP contribution in [0.1, 0.15) is 6.42 Å². The van der Waals surface area contributed by atoms with Gasteiger partial charge in [-0.1, -0.05) is 0 Å². The van der Waals surface area contributed by atoms with E-state index in [9.17, 15) is 27.2 Å². The number of hydrogen-bond donors (Lipinski definition) is 2. The Labute approximate surface area is 86.6 Å². The molecule has 1 atom stereocenters. The van der Waals surface area contributed by atoms with Crippen LogP contribution >= 0.6 is 0 Å². The summed E-state index contributed by atoms with van der Waals surface area (Å²) in [6.07, 6.45) is -6.30. The van der Waals surface area contributed by atoms with Crippen LogP contribution in [-0.2, 0) is 14.3 Å². The first-order valence-electron chi connectivity index (χ1n) is 3.78. The van der Waals surface area contributed by atoms with Gasteiger partial charge in [0.1, 0.15) is 0 Å². The highest BCUT2D eigenvalue weighted by atomic mass is 19.3. The summed E-state index contributed by atoms with van der Waals surface area (Å²) in [6.45, 7) is 0. The van der Waals surface area contributed by atoms with E-state index in [0.29, 0.717) is 7.11 Å². The summed E-state index contributed by atoms with van der Waals surface area (Å²) in [5.41, 5.74) is -4.10. The minimum Gasteiger partial charge on any atom is -0.481 e. The number of carbonyl (C=O) groups excluding carboxylic acids is 1.